The van der Waals surface area contributed by atoms with Crippen molar-refractivity contribution in [3.05, 3.63) is 41.5 Å². The minimum Gasteiger partial charge on any atom is -0.493 e. The summed E-state index contributed by atoms with van der Waals surface area (Å²) in [4.78, 5) is 27.9. The van der Waals surface area contributed by atoms with Gasteiger partial charge < -0.3 is 43.0 Å². The van der Waals surface area contributed by atoms with Gasteiger partial charge in [0, 0.05) is 25.0 Å². The van der Waals surface area contributed by atoms with Crippen molar-refractivity contribution in [1.82, 2.24) is 4.90 Å². The molecule has 5 atom stereocenters. The van der Waals surface area contributed by atoms with Crippen molar-refractivity contribution in [3.63, 3.8) is 0 Å². The lowest BCUT2D eigenvalue weighted by atomic mass is 10.00. The number of hydrogen-bond acceptors (Lipinski definition) is 12. The molecule has 2 fully saturated rings. The summed E-state index contributed by atoms with van der Waals surface area (Å²) in [6.07, 6.45) is 1.32. The van der Waals surface area contributed by atoms with E-state index in [2.05, 4.69) is 0 Å². The van der Waals surface area contributed by atoms with Crippen LogP contribution >= 0.6 is 0 Å². The zero-order chi connectivity index (χ0) is 30.6. The Morgan fingerprint density at radius 2 is 1.26 bits per heavy atom. The van der Waals surface area contributed by atoms with Gasteiger partial charge in [-0.25, -0.2) is 9.59 Å². The molecule has 0 saturated carbocycles. The molecule has 2 bridgehead atoms. The highest BCUT2D eigenvalue weighted by atomic mass is 16.6. The molecular weight excluding hydrogens is 550 g/mol. The Morgan fingerprint density at radius 3 is 1.76 bits per heavy atom. The fourth-order valence-corrected chi connectivity index (χ4v) is 5.60. The van der Waals surface area contributed by atoms with Gasteiger partial charge in [-0.1, -0.05) is 0 Å². The molecule has 2 aromatic rings. The second-order valence-corrected chi connectivity index (χ2v) is 9.90. The SMILES string of the molecule is COc1cc(/C=C\C(=O)O[C@@H]2C3C[C@@H](OC(=O)c4cc(OC)c(OC)c(OC)c4)CC([C@@H]2O)N3C)cc(OC)c1OC. The third-order valence-corrected chi connectivity index (χ3v) is 7.69. The van der Waals surface area contributed by atoms with Gasteiger partial charge >= 0.3 is 11.9 Å². The van der Waals surface area contributed by atoms with E-state index >= 15 is 0 Å². The van der Waals surface area contributed by atoms with Crippen molar-refractivity contribution >= 4 is 18.0 Å². The van der Waals surface area contributed by atoms with Crippen LogP contribution in [-0.2, 0) is 14.3 Å². The number of likely N-dealkylation sites (N-methyl/N-ethyl adjacent to an activating group) is 1. The van der Waals surface area contributed by atoms with Crippen LogP contribution in [0.25, 0.3) is 6.08 Å². The highest BCUT2D eigenvalue weighted by Gasteiger charge is 2.53. The largest absolute Gasteiger partial charge is 0.493 e. The second kappa shape index (κ2) is 13.2. The fourth-order valence-electron chi connectivity index (χ4n) is 5.60. The minimum absolute atomic E-state index is 0.233. The molecule has 12 heteroatoms. The van der Waals surface area contributed by atoms with Crippen LogP contribution in [0.1, 0.15) is 28.8 Å². The normalized spacial score (nSPS) is 23.3. The first kappa shape index (κ1) is 30.8. The molecule has 2 aromatic carbocycles. The van der Waals surface area contributed by atoms with Crippen LogP contribution in [0, 0.1) is 0 Å². The van der Waals surface area contributed by atoms with Crippen molar-refractivity contribution in [2.75, 3.05) is 49.7 Å². The molecule has 0 radical (unpaired) electrons. The lowest BCUT2D eigenvalue weighted by Crippen LogP contribution is -2.46. The maximum absolute atomic E-state index is 13.1. The zero-order valence-corrected chi connectivity index (χ0v) is 24.7. The second-order valence-electron chi connectivity index (χ2n) is 9.90. The van der Waals surface area contributed by atoms with Crippen LogP contribution in [0.15, 0.2) is 30.3 Å². The first-order valence-electron chi connectivity index (χ1n) is 13.3. The van der Waals surface area contributed by atoms with Crippen molar-refractivity contribution in [2.24, 2.45) is 0 Å². The summed E-state index contributed by atoms with van der Waals surface area (Å²) in [6.45, 7) is 0. The first-order valence-corrected chi connectivity index (χ1v) is 13.3. The Labute approximate surface area is 244 Å². The van der Waals surface area contributed by atoms with E-state index in [4.69, 9.17) is 37.9 Å². The zero-order valence-electron chi connectivity index (χ0n) is 24.7. The van der Waals surface area contributed by atoms with E-state index in [0.29, 0.717) is 52.9 Å². The van der Waals surface area contributed by atoms with Crippen molar-refractivity contribution in [1.29, 1.82) is 0 Å². The Morgan fingerprint density at radius 1 is 0.762 bits per heavy atom. The smallest absolute Gasteiger partial charge is 0.338 e. The van der Waals surface area contributed by atoms with Gasteiger partial charge in [-0.05, 0) is 43.0 Å². The molecule has 2 aliphatic rings. The summed E-state index contributed by atoms with van der Waals surface area (Å²) in [5.41, 5.74) is 0.860. The molecule has 4 rings (SSSR count). The Hall–Kier alpha value is -4.16. The highest BCUT2D eigenvalue weighted by molar-refractivity contribution is 5.91. The van der Waals surface area contributed by atoms with Gasteiger partial charge in [0.15, 0.2) is 23.0 Å². The molecule has 0 aromatic heterocycles. The number of rotatable bonds is 11. The van der Waals surface area contributed by atoms with Crippen LogP contribution in [-0.4, -0.2) is 102 Å². The maximum atomic E-state index is 13.1. The number of carbonyl (C=O) groups excluding carboxylic acids is 2. The van der Waals surface area contributed by atoms with Crippen molar-refractivity contribution in [2.45, 2.75) is 43.2 Å². The molecule has 2 heterocycles. The lowest BCUT2D eigenvalue weighted by Gasteiger charge is -2.36. The number of esters is 2. The van der Waals surface area contributed by atoms with E-state index in [9.17, 15) is 14.7 Å². The number of benzene rings is 2. The highest BCUT2D eigenvalue weighted by Crippen LogP contribution is 2.41. The quantitative estimate of drug-likeness (QED) is 0.306. The van der Waals surface area contributed by atoms with E-state index < -0.39 is 30.3 Å². The molecule has 2 unspecified atom stereocenters. The van der Waals surface area contributed by atoms with Crippen molar-refractivity contribution < 1.29 is 52.6 Å². The van der Waals surface area contributed by atoms with E-state index in [0.717, 1.165) is 0 Å². The van der Waals surface area contributed by atoms with E-state index in [1.165, 1.54) is 60.9 Å². The Bertz CT molecular complexity index is 1280. The number of carbonyl (C=O) groups is 2. The lowest BCUT2D eigenvalue weighted by molar-refractivity contribution is -0.148. The summed E-state index contributed by atoms with van der Waals surface area (Å²) in [5, 5.41) is 11.0. The van der Waals surface area contributed by atoms with Crippen LogP contribution < -0.4 is 28.4 Å². The molecule has 12 nitrogen and oxygen atoms in total. The van der Waals surface area contributed by atoms with Crippen molar-refractivity contribution in [3.8, 4) is 34.5 Å². The first-order chi connectivity index (χ1) is 20.2. The summed E-state index contributed by atoms with van der Waals surface area (Å²) < 4.78 is 43.6. The molecule has 0 spiro atoms. The van der Waals surface area contributed by atoms with Crippen LogP contribution in [0.2, 0.25) is 0 Å². The number of fused-ring (bicyclic) bond motifs is 2. The standard InChI is InChI=1S/C30H37NO11/c1-31-19-14-18(41-30(34)17-12-23(37-4)29(40-7)24(13-17)38-5)15-20(31)27(26(19)33)42-25(32)9-8-16-10-21(35-2)28(39-6)22(11-16)36-3/h8-13,18-20,26-27,33H,14-15H2,1-7H3/b9-8-/t18-,19?,20?,26-,27+/m0/s1. The average Bonchev–Trinajstić information content (AvgIpc) is 3.12. The number of piperidine rings is 1. The third-order valence-electron chi connectivity index (χ3n) is 7.69. The monoisotopic (exact) mass is 587 g/mol. The number of hydrogen-bond donors (Lipinski definition) is 1. The molecule has 0 aliphatic carbocycles. The summed E-state index contributed by atoms with van der Waals surface area (Å²) in [7, 11) is 10.8. The third kappa shape index (κ3) is 6.04. The number of methoxy groups -OCH3 is 6. The number of aliphatic hydroxyl groups excluding tert-OH is 1. The predicted molar refractivity (Wildman–Crippen MR) is 151 cm³/mol. The Kier molecular flexibility index (Phi) is 9.69. The summed E-state index contributed by atoms with van der Waals surface area (Å²) >= 11 is 0. The van der Waals surface area contributed by atoms with Gasteiger partial charge in [0.25, 0.3) is 0 Å². The predicted octanol–water partition coefficient (Wildman–Crippen LogP) is 2.73. The molecule has 0 amide bonds. The molecular formula is C30H37NO11. The van der Waals surface area contributed by atoms with Crippen LogP contribution in [0.4, 0.5) is 0 Å². The molecule has 1 N–H and O–H groups in total. The molecule has 2 saturated heterocycles. The van der Waals surface area contributed by atoms with Gasteiger partial charge in [0.1, 0.15) is 18.3 Å². The van der Waals surface area contributed by atoms with Crippen LogP contribution in [0.3, 0.4) is 0 Å². The molecule has 228 valence electrons. The summed E-state index contributed by atoms with van der Waals surface area (Å²) in [6, 6.07) is 5.72. The number of nitrogens with zero attached hydrogens (tertiary/aromatic N) is 1. The molecule has 42 heavy (non-hydrogen) atoms. The Balaban J connectivity index is 1.44. The van der Waals surface area contributed by atoms with E-state index in [1.807, 2.05) is 11.9 Å². The van der Waals surface area contributed by atoms with Gasteiger partial charge in [0.2, 0.25) is 11.5 Å². The number of aliphatic hydroxyl groups is 1. The topological polar surface area (TPSA) is 131 Å². The summed E-state index contributed by atoms with van der Waals surface area (Å²) in [5.74, 6) is 1.14. The van der Waals surface area contributed by atoms with Gasteiger partial charge in [-0.2, -0.15) is 0 Å². The van der Waals surface area contributed by atoms with E-state index in [-0.39, 0.29) is 17.6 Å². The minimum atomic E-state index is -0.955. The molecule has 2 aliphatic heterocycles. The van der Waals surface area contributed by atoms with E-state index in [1.54, 1.807) is 18.2 Å². The van der Waals surface area contributed by atoms with Gasteiger partial charge in [-0.3, -0.25) is 4.90 Å². The number of ether oxygens (including phenoxy) is 8. The fraction of sp³-hybridized carbons (Fsp3) is 0.467. The van der Waals surface area contributed by atoms with Gasteiger partial charge in [0.05, 0.1) is 54.3 Å². The van der Waals surface area contributed by atoms with Crippen LogP contribution in [0.5, 0.6) is 34.5 Å². The van der Waals surface area contributed by atoms with Gasteiger partial charge in [-0.15, -0.1) is 0 Å². The average molecular weight is 588 g/mol. The maximum Gasteiger partial charge on any atom is 0.338 e.